The lowest BCUT2D eigenvalue weighted by Crippen LogP contribution is -2.27. The van der Waals surface area contributed by atoms with Crippen LogP contribution in [0.3, 0.4) is 0 Å². The van der Waals surface area contributed by atoms with Gasteiger partial charge in [-0.05, 0) is 61.5 Å². The summed E-state index contributed by atoms with van der Waals surface area (Å²) in [5, 5.41) is 0. The summed E-state index contributed by atoms with van der Waals surface area (Å²) in [7, 11) is 0. The van der Waals surface area contributed by atoms with Gasteiger partial charge in [0.2, 0.25) is 0 Å². The van der Waals surface area contributed by atoms with Gasteiger partial charge in [-0.3, -0.25) is 0 Å². The van der Waals surface area contributed by atoms with Crippen LogP contribution in [-0.4, -0.2) is 0 Å². The lowest BCUT2D eigenvalue weighted by atomic mass is 9.70. The van der Waals surface area contributed by atoms with Crippen molar-refractivity contribution in [1.29, 1.82) is 0 Å². The molecular formula is C20H22. The molecule has 0 heteroatoms. The Bertz CT molecular complexity index is 568. The van der Waals surface area contributed by atoms with E-state index in [1.807, 2.05) is 0 Å². The van der Waals surface area contributed by atoms with Gasteiger partial charge >= 0.3 is 0 Å². The van der Waals surface area contributed by atoms with Crippen LogP contribution in [0.5, 0.6) is 0 Å². The van der Waals surface area contributed by atoms with Gasteiger partial charge < -0.3 is 0 Å². The van der Waals surface area contributed by atoms with Gasteiger partial charge in [-0.1, -0.05) is 48.6 Å². The number of hydrogen-bond donors (Lipinski definition) is 0. The molecule has 0 heterocycles. The second-order valence-corrected chi connectivity index (χ2v) is 7.58. The molecule has 102 valence electrons. The summed E-state index contributed by atoms with van der Waals surface area (Å²) in [6, 6.07) is 9.38. The molecular weight excluding hydrogens is 240 g/mol. The van der Waals surface area contributed by atoms with Crippen molar-refractivity contribution < 1.29 is 0 Å². The van der Waals surface area contributed by atoms with Crippen LogP contribution in [0, 0.1) is 11.8 Å². The third kappa shape index (κ3) is 1.33. The number of hydrogen-bond acceptors (Lipinski definition) is 0. The fourth-order valence-electron chi connectivity index (χ4n) is 5.52. The second kappa shape index (κ2) is 3.67. The molecule has 4 aliphatic rings. The molecule has 0 spiro atoms. The summed E-state index contributed by atoms with van der Waals surface area (Å²) in [6.07, 6.45) is 18.3. The van der Waals surface area contributed by atoms with Crippen molar-refractivity contribution in [2.75, 3.05) is 0 Å². The lowest BCUT2D eigenvalue weighted by Gasteiger charge is -2.34. The van der Waals surface area contributed by atoms with Crippen LogP contribution in [0.2, 0.25) is 0 Å². The van der Waals surface area contributed by atoms with Gasteiger partial charge in [0.25, 0.3) is 0 Å². The first-order valence-corrected chi connectivity index (χ1v) is 8.29. The van der Waals surface area contributed by atoms with E-state index in [4.69, 9.17) is 0 Å². The summed E-state index contributed by atoms with van der Waals surface area (Å²) in [5.41, 5.74) is 4.07. The fraction of sp³-hybridized carbons (Fsp3) is 0.500. The van der Waals surface area contributed by atoms with Crippen molar-refractivity contribution in [3.8, 4) is 0 Å². The number of rotatable bonds is 2. The first-order valence-electron chi connectivity index (χ1n) is 8.29. The molecule has 4 unspecified atom stereocenters. The van der Waals surface area contributed by atoms with Crippen molar-refractivity contribution in [3.05, 3.63) is 59.7 Å². The predicted octanol–water partition coefficient (Wildman–Crippen LogP) is 4.90. The molecule has 1 aromatic carbocycles. The zero-order valence-electron chi connectivity index (χ0n) is 12.0. The molecule has 2 saturated carbocycles. The maximum Gasteiger partial charge on any atom is 0.0141 e. The van der Waals surface area contributed by atoms with Gasteiger partial charge in [0.15, 0.2) is 0 Å². The average Bonchev–Trinajstić information content (AvgIpc) is 3.28. The zero-order valence-corrected chi connectivity index (χ0v) is 12.0. The predicted molar refractivity (Wildman–Crippen MR) is 82.8 cm³/mol. The molecule has 0 aliphatic heterocycles. The number of fused-ring (bicyclic) bond motifs is 4. The van der Waals surface area contributed by atoms with E-state index >= 15 is 0 Å². The van der Waals surface area contributed by atoms with Crippen LogP contribution < -0.4 is 0 Å². The maximum atomic E-state index is 2.54. The van der Waals surface area contributed by atoms with Crippen molar-refractivity contribution in [3.63, 3.8) is 0 Å². The SMILES string of the molecule is C1=CC2(c3ccccc3C34C=CC(CC3)C4)CCC1C2. The van der Waals surface area contributed by atoms with E-state index in [2.05, 4.69) is 48.6 Å². The molecule has 0 aromatic heterocycles. The fourth-order valence-corrected chi connectivity index (χ4v) is 5.52. The minimum absolute atomic E-state index is 0.379. The van der Waals surface area contributed by atoms with Gasteiger partial charge in [0.05, 0.1) is 0 Å². The molecule has 4 atom stereocenters. The van der Waals surface area contributed by atoms with Crippen LogP contribution in [0.1, 0.15) is 49.7 Å². The first kappa shape index (κ1) is 11.4. The molecule has 20 heavy (non-hydrogen) atoms. The van der Waals surface area contributed by atoms with Crippen molar-refractivity contribution >= 4 is 0 Å². The third-order valence-corrected chi connectivity index (χ3v) is 6.55. The Morgan fingerprint density at radius 1 is 0.750 bits per heavy atom. The van der Waals surface area contributed by atoms with E-state index in [-0.39, 0.29) is 0 Å². The standard InChI is InChI=1S/C20H22/c1-2-4-18(20-11-7-16(14-20)8-12-20)17(3-1)19-9-5-15(13-19)6-10-19/h1-5,7,9,11,15-16H,6,8,10,12-14H2. The summed E-state index contributed by atoms with van der Waals surface area (Å²) in [4.78, 5) is 0. The van der Waals surface area contributed by atoms with Gasteiger partial charge in [0.1, 0.15) is 0 Å². The number of benzene rings is 1. The van der Waals surface area contributed by atoms with Crippen LogP contribution in [0.4, 0.5) is 0 Å². The Labute approximate surface area is 121 Å². The van der Waals surface area contributed by atoms with E-state index < -0.39 is 0 Å². The molecule has 0 nitrogen and oxygen atoms in total. The Morgan fingerprint density at radius 3 is 1.55 bits per heavy atom. The maximum absolute atomic E-state index is 2.54. The second-order valence-electron chi connectivity index (χ2n) is 7.58. The molecule has 0 saturated heterocycles. The largest absolute Gasteiger partial charge is 0.0845 e. The van der Waals surface area contributed by atoms with E-state index in [0.717, 1.165) is 11.8 Å². The highest BCUT2D eigenvalue weighted by Gasteiger charge is 2.48. The van der Waals surface area contributed by atoms with Crippen LogP contribution in [-0.2, 0) is 10.8 Å². The van der Waals surface area contributed by atoms with Gasteiger partial charge in [0, 0.05) is 10.8 Å². The molecule has 0 amide bonds. The average molecular weight is 262 g/mol. The highest BCUT2D eigenvalue weighted by Crippen LogP contribution is 2.57. The van der Waals surface area contributed by atoms with Crippen molar-refractivity contribution in [2.24, 2.45) is 11.8 Å². The highest BCUT2D eigenvalue weighted by atomic mass is 14.5. The van der Waals surface area contributed by atoms with E-state index in [1.165, 1.54) is 38.5 Å². The third-order valence-electron chi connectivity index (χ3n) is 6.55. The molecule has 2 fully saturated rings. The molecule has 0 N–H and O–H groups in total. The smallest absolute Gasteiger partial charge is 0.0141 e. The Morgan fingerprint density at radius 2 is 1.25 bits per heavy atom. The molecule has 1 aromatic rings. The molecule has 0 radical (unpaired) electrons. The van der Waals surface area contributed by atoms with Gasteiger partial charge in [-0.25, -0.2) is 0 Å². The van der Waals surface area contributed by atoms with E-state index in [0.29, 0.717) is 10.8 Å². The molecule has 4 aliphatic carbocycles. The van der Waals surface area contributed by atoms with Crippen LogP contribution >= 0.6 is 0 Å². The van der Waals surface area contributed by atoms with Gasteiger partial charge in [-0.2, -0.15) is 0 Å². The van der Waals surface area contributed by atoms with Crippen LogP contribution in [0.15, 0.2) is 48.6 Å². The lowest BCUT2D eigenvalue weighted by molar-refractivity contribution is 0.512. The monoisotopic (exact) mass is 262 g/mol. The van der Waals surface area contributed by atoms with E-state index in [9.17, 15) is 0 Å². The quantitative estimate of drug-likeness (QED) is 0.665. The normalized spacial score (nSPS) is 43.8. The Kier molecular flexibility index (Phi) is 2.08. The topological polar surface area (TPSA) is 0 Å². The summed E-state index contributed by atoms with van der Waals surface area (Å²) >= 11 is 0. The zero-order chi connectivity index (χ0) is 13.2. The van der Waals surface area contributed by atoms with Crippen LogP contribution in [0.25, 0.3) is 0 Å². The molecule has 4 bridgehead atoms. The Hall–Kier alpha value is -1.30. The summed E-state index contributed by atoms with van der Waals surface area (Å²) in [5.74, 6) is 1.71. The Balaban J connectivity index is 1.68. The minimum Gasteiger partial charge on any atom is -0.0845 e. The van der Waals surface area contributed by atoms with E-state index in [1.54, 1.807) is 11.1 Å². The summed E-state index contributed by atoms with van der Waals surface area (Å²) < 4.78 is 0. The molecule has 5 rings (SSSR count). The first-order chi connectivity index (χ1) is 9.80. The summed E-state index contributed by atoms with van der Waals surface area (Å²) in [6.45, 7) is 0. The number of allylic oxidation sites excluding steroid dienone is 4. The van der Waals surface area contributed by atoms with Crippen molar-refractivity contribution in [1.82, 2.24) is 0 Å². The minimum atomic E-state index is 0.379. The van der Waals surface area contributed by atoms with Crippen molar-refractivity contribution in [2.45, 2.75) is 49.4 Å². The highest BCUT2D eigenvalue weighted by molar-refractivity contribution is 5.49. The van der Waals surface area contributed by atoms with Gasteiger partial charge in [-0.15, -0.1) is 0 Å².